The molecule has 1 fully saturated rings. The number of hydrogen-bond donors (Lipinski definition) is 1. The van der Waals surface area contributed by atoms with Crippen LogP contribution in [-0.4, -0.2) is 11.1 Å². The predicted octanol–water partition coefficient (Wildman–Crippen LogP) is 4.32. The van der Waals surface area contributed by atoms with Gasteiger partial charge in [-0.15, -0.1) is 0 Å². The van der Waals surface area contributed by atoms with Gasteiger partial charge in [0.1, 0.15) is 0 Å². The van der Waals surface area contributed by atoms with Gasteiger partial charge in [-0.05, 0) is 41.5 Å². The van der Waals surface area contributed by atoms with Crippen molar-refractivity contribution in [2.75, 3.05) is 0 Å². The molecule has 0 unspecified atom stereocenters. The van der Waals surface area contributed by atoms with E-state index in [0.717, 1.165) is 11.1 Å². The van der Waals surface area contributed by atoms with Crippen LogP contribution in [0.4, 0.5) is 0 Å². The third kappa shape index (κ3) is 2.26. The van der Waals surface area contributed by atoms with Crippen LogP contribution in [0.25, 0.3) is 11.1 Å². The molecule has 0 heterocycles. The van der Waals surface area contributed by atoms with Gasteiger partial charge in [0.2, 0.25) is 0 Å². The van der Waals surface area contributed by atoms with Crippen LogP contribution in [0.15, 0.2) is 48.5 Å². The summed E-state index contributed by atoms with van der Waals surface area (Å²) >= 11 is 0. The van der Waals surface area contributed by atoms with Crippen LogP contribution < -0.4 is 0 Å². The number of aromatic carboxylic acids is 1. The molecule has 0 amide bonds. The van der Waals surface area contributed by atoms with Crippen LogP contribution in [0.2, 0.25) is 0 Å². The lowest BCUT2D eigenvalue weighted by molar-refractivity contribution is 0.0697. The standard InChI is InChI=1S/C17H16O2/c18-17(19)16-10-2-1-9-15(16)14-8-4-7-13(11-14)12-5-3-6-12/h1-2,4,7-12H,3,5-6H2,(H,18,19). The van der Waals surface area contributed by atoms with E-state index in [1.54, 1.807) is 12.1 Å². The first-order valence-electron chi connectivity index (χ1n) is 6.68. The number of carboxylic acids is 1. The number of benzene rings is 2. The van der Waals surface area contributed by atoms with E-state index in [0.29, 0.717) is 11.5 Å². The number of carboxylic acid groups (broad SMARTS) is 1. The van der Waals surface area contributed by atoms with E-state index in [-0.39, 0.29) is 0 Å². The molecule has 0 bridgehead atoms. The minimum absolute atomic E-state index is 0.369. The summed E-state index contributed by atoms with van der Waals surface area (Å²) in [6, 6.07) is 15.5. The molecule has 2 aromatic carbocycles. The number of hydrogen-bond acceptors (Lipinski definition) is 1. The molecule has 2 heteroatoms. The SMILES string of the molecule is O=C(O)c1ccccc1-c1cccc(C2CCC2)c1. The summed E-state index contributed by atoms with van der Waals surface area (Å²) in [6.07, 6.45) is 3.81. The maximum absolute atomic E-state index is 11.3. The van der Waals surface area contributed by atoms with Gasteiger partial charge in [-0.1, -0.05) is 48.9 Å². The Balaban J connectivity index is 2.04. The van der Waals surface area contributed by atoms with Crippen molar-refractivity contribution in [2.24, 2.45) is 0 Å². The first-order chi connectivity index (χ1) is 9.25. The highest BCUT2D eigenvalue weighted by atomic mass is 16.4. The number of rotatable bonds is 3. The third-order valence-corrected chi connectivity index (χ3v) is 3.93. The molecule has 1 saturated carbocycles. The van der Waals surface area contributed by atoms with E-state index >= 15 is 0 Å². The molecule has 0 atom stereocenters. The monoisotopic (exact) mass is 252 g/mol. The molecule has 3 rings (SSSR count). The van der Waals surface area contributed by atoms with Crippen molar-refractivity contribution in [1.29, 1.82) is 0 Å². The Morgan fingerprint density at radius 1 is 1.05 bits per heavy atom. The van der Waals surface area contributed by atoms with Gasteiger partial charge in [0.25, 0.3) is 0 Å². The smallest absolute Gasteiger partial charge is 0.336 e. The average molecular weight is 252 g/mol. The molecular formula is C17H16O2. The summed E-state index contributed by atoms with van der Waals surface area (Å²) in [6.45, 7) is 0. The molecule has 0 saturated heterocycles. The van der Waals surface area contributed by atoms with Crippen LogP contribution in [0.3, 0.4) is 0 Å². The first-order valence-corrected chi connectivity index (χ1v) is 6.68. The molecule has 2 aromatic rings. The minimum Gasteiger partial charge on any atom is -0.478 e. The van der Waals surface area contributed by atoms with E-state index in [1.807, 2.05) is 24.3 Å². The largest absolute Gasteiger partial charge is 0.478 e. The van der Waals surface area contributed by atoms with E-state index in [9.17, 15) is 9.90 Å². The molecular weight excluding hydrogens is 236 g/mol. The molecule has 1 aliphatic carbocycles. The lowest BCUT2D eigenvalue weighted by Gasteiger charge is -2.26. The van der Waals surface area contributed by atoms with E-state index < -0.39 is 5.97 Å². The Bertz CT molecular complexity index is 612. The third-order valence-electron chi connectivity index (χ3n) is 3.93. The zero-order chi connectivity index (χ0) is 13.2. The Hall–Kier alpha value is -2.09. The van der Waals surface area contributed by atoms with Gasteiger partial charge in [0, 0.05) is 0 Å². The first kappa shape index (κ1) is 12.0. The average Bonchev–Trinajstić information content (AvgIpc) is 2.37. The van der Waals surface area contributed by atoms with Crippen LogP contribution in [-0.2, 0) is 0 Å². The molecule has 1 N–H and O–H groups in total. The molecule has 96 valence electrons. The Morgan fingerprint density at radius 2 is 1.84 bits per heavy atom. The Morgan fingerprint density at radius 3 is 2.53 bits per heavy atom. The van der Waals surface area contributed by atoms with Crippen molar-refractivity contribution in [3.05, 3.63) is 59.7 Å². The topological polar surface area (TPSA) is 37.3 Å². The Kier molecular flexibility index (Phi) is 3.08. The van der Waals surface area contributed by atoms with Crippen LogP contribution >= 0.6 is 0 Å². The highest BCUT2D eigenvalue weighted by Gasteiger charge is 2.20. The van der Waals surface area contributed by atoms with Crippen molar-refractivity contribution >= 4 is 5.97 Å². The van der Waals surface area contributed by atoms with Crippen molar-refractivity contribution in [3.8, 4) is 11.1 Å². The van der Waals surface area contributed by atoms with Gasteiger partial charge in [0.05, 0.1) is 5.56 Å². The highest BCUT2D eigenvalue weighted by molar-refractivity contribution is 5.96. The van der Waals surface area contributed by atoms with Crippen molar-refractivity contribution in [3.63, 3.8) is 0 Å². The summed E-state index contributed by atoms with van der Waals surface area (Å²) in [5, 5.41) is 9.26. The fourth-order valence-corrected chi connectivity index (χ4v) is 2.62. The normalized spacial score (nSPS) is 14.9. The maximum atomic E-state index is 11.3. The molecule has 0 spiro atoms. The van der Waals surface area contributed by atoms with E-state index in [1.165, 1.54) is 24.8 Å². The summed E-state index contributed by atoms with van der Waals surface area (Å²) in [4.78, 5) is 11.3. The van der Waals surface area contributed by atoms with Gasteiger partial charge >= 0.3 is 5.97 Å². The van der Waals surface area contributed by atoms with Crippen LogP contribution in [0.5, 0.6) is 0 Å². The van der Waals surface area contributed by atoms with Crippen molar-refractivity contribution < 1.29 is 9.90 Å². The summed E-state index contributed by atoms with van der Waals surface area (Å²) < 4.78 is 0. The fraction of sp³-hybridized carbons (Fsp3) is 0.235. The quantitative estimate of drug-likeness (QED) is 0.883. The lowest BCUT2D eigenvalue weighted by atomic mass is 9.79. The second-order valence-corrected chi connectivity index (χ2v) is 5.10. The predicted molar refractivity (Wildman–Crippen MR) is 75.4 cm³/mol. The van der Waals surface area contributed by atoms with Crippen LogP contribution in [0, 0.1) is 0 Å². The molecule has 0 aromatic heterocycles. The van der Waals surface area contributed by atoms with E-state index in [2.05, 4.69) is 12.1 Å². The van der Waals surface area contributed by atoms with Crippen LogP contribution in [0.1, 0.15) is 41.1 Å². The minimum atomic E-state index is -0.871. The molecule has 0 aliphatic heterocycles. The second kappa shape index (κ2) is 4.88. The molecule has 1 aliphatic rings. The maximum Gasteiger partial charge on any atom is 0.336 e. The molecule has 2 nitrogen and oxygen atoms in total. The van der Waals surface area contributed by atoms with Gasteiger partial charge < -0.3 is 5.11 Å². The summed E-state index contributed by atoms with van der Waals surface area (Å²) in [7, 11) is 0. The fourth-order valence-electron chi connectivity index (χ4n) is 2.62. The van der Waals surface area contributed by atoms with E-state index in [4.69, 9.17) is 0 Å². The lowest BCUT2D eigenvalue weighted by Crippen LogP contribution is -2.08. The Labute approximate surface area is 112 Å². The van der Waals surface area contributed by atoms with Gasteiger partial charge in [-0.2, -0.15) is 0 Å². The van der Waals surface area contributed by atoms with Gasteiger partial charge in [0.15, 0.2) is 0 Å². The number of carbonyl (C=O) groups is 1. The van der Waals surface area contributed by atoms with Crippen molar-refractivity contribution in [2.45, 2.75) is 25.2 Å². The zero-order valence-electron chi connectivity index (χ0n) is 10.7. The molecule has 19 heavy (non-hydrogen) atoms. The van der Waals surface area contributed by atoms with Gasteiger partial charge in [-0.25, -0.2) is 4.79 Å². The van der Waals surface area contributed by atoms with Gasteiger partial charge in [-0.3, -0.25) is 0 Å². The second-order valence-electron chi connectivity index (χ2n) is 5.10. The summed E-state index contributed by atoms with van der Waals surface area (Å²) in [5.41, 5.74) is 3.51. The molecule has 0 radical (unpaired) electrons. The van der Waals surface area contributed by atoms with Crippen molar-refractivity contribution in [1.82, 2.24) is 0 Å². The zero-order valence-corrected chi connectivity index (χ0v) is 10.7. The summed E-state index contributed by atoms with van der Waals surface area (Å²) in [5.74, 6) is -0.207. The highest BCUT2D eigenvalue weighted by Crippen LogP contribution is 2.37.